The molecule has 1 saturated heterocycles. The van der Waals surface area contributed by atoms with Crippen molar-refractivity contribution >= 4 is 31.0 Å². The summed E-state index contributed by atoms with van der Waals surface area (Å²) in [5.74, 6) is 0.140. The number of unbranched alkanes of at least 4 members (excludes halogenated alkanes) is 8. The first-order valence-electron chi connectivity index (χ1n) is 20.4. The molecule has 4 fully saturated rings. The minimum absolute atomic E-state index is 0.0120. The Morgan fingerprint density at radius 1 is 0.981 bits per heavy atom. The quantitative estimate of drug-likeness (QED) is 0.0255. The average molecular weight is 765 g/mol. The van der Waals surface area contributed by atoms with Crippen LogP contribution < -0.4 is 27.1 Å². The van der Waals surface area contributed by atoms with Crippen LogP contribution in [0.5, 0.6) is 0 Å². The molecule has 1 aliphatic heterocycles. The van der Waals surface area contributed by atoms with Crippen molar-refractivity contribution < 1.29 is 38.7 Å². The minimum Gasteiger partial charge on any atom is -0.444 e. The molecule has 6 atom stereocenters. The van der Waals surface area contributed by atoms with E-state index in [-0.39, 0.29) is 53.8 Å². The summed E-state index contributed by atoms with van der Waals surface area (Å²) >= 11 is 0. The molecule has 0 spiro atoms. The molecule has 3 saturated carbocycles. The number of hydrazine groups is 1. The Bertz CT molecular complexity index is 1280. The third-order valence-corrected chi connectivity index (χ3v) is 11.4. The van der Waals surface area contributed by atoms with Crippen LogP contribution in [0.1, 0.15) is 152 Å². The number of carbonyl (C=O) groups is 3. The molecule has 3 amide bonds. The Labute approximate surface area is 323 Å². The van der Waals surface area contributed by atoms with Crippen molar-refractivity contribution in [2.75, 3.05) is 13.1 Å². The zero-order chi connectivity index (χ0) is 40.1. The van der Waals surface area contributed by atoms with Crippen LogP contribution in [0, 0.1) is 28.1 Å². The van der Waals surface area contributed by atoms with Crippen LogP contribution in [0.15, 0.2) is 4.99 Å². The number of ether oxygens (including phenoxy) is 1. The Morgan fingerprint density at radius 2 is 1.61 bits per heavy atom. The van der Waals surface area contributed by atoms with Crippen molar-refractivity contribution in [3.8, 4) is 0 Å². The lowest BCUT2D eigenvalue weighted by Gasteiger charge is -2.64. The summed E-state index contributed by atoms with van der Waals surface area (Å²) in [7, 11) is -0.581. The van der Waals surface area contributed by atoms with E-state index in [0.717, 1.165) is 70.6 Å². The SMILES string of the molecule is CC(C)C[C@H](NC(=O)[C@H](CCCN=C(N)N[N+](=O)O)NC(=O)CCCCCCCCCCCNC(=O)OC(C)(C)C)B1O[C@@H]2C[C@@H]3C[C@@H](C3(C)C)[C@]2(C)O1. The Morgan fingerprint density at radius 3 is 2.20 bits per heavy atom. The van der Waals surface area contributed by atoms with Crippen LogP contribution in [-0.4, -0.2) is 83.6 Å². The summed E-state index contributed by atoms with van der Waals surface area (Å²) in [5, 5.41) is 17.2. The molecule has 0 aromatic heterocycles. The normalized spacial score (nSPS) is 24.2. The summed E-state index contributed by atoms with van der Waals surface area (Å²) < 4.78 is 18.5. The van der Waals surface area contributed by atoms with Crippen molar-refractivity contribution in [1.29, 1.82) is 0 Å². The standard InChI is InChI=1S/C38H70BN7O8/c1-26(2)23-31(39-53-30-25-27-24-29(37(27,6)7)38(30,8)54-39)44-33(48)28(19-18-22-41-34(40)45-46(50)51)43-32(47)20-16-14-12-10-9-11-13-15-17-21-42-35(49)52-36(3,4)5/h26-31H,9-25H2,1-8H3,(H6-,40,41,42,43,44,45,47,48,49,50,51)/p+1/t27-,28-,29-,30+,31-,38-/m0/s1. The lowest BCUT2D eigenvalue weighted by molar-refractivity contribution is -0.822. The first kappa shape index (κ1) is 45.3. The van der Waals surface area contributed by atoms with Crippen LogP contribution in [0.2, 0.25) is 0 Å². The molecule has 0 radical (unpaired) electrons. The second-order valence-electron chi connectivity index (χ2n) is 17.9. The molecule has 0 aromatic rings. The largest absolute Gasteiger partial charge is 0.481 e. The molecule has 0 aromatic carbocycles. The fourth-order valence-electron chi connectivity index (χ4n) is 8.42. The molecule has 16 heteroatoms. The molecule has 4 aliphatic rings. The topological polar surface area (TPSA) is 206 Å². The lowest BCUT2D eigenvalue weighted by Crippen LogP contribution is -2.65. The fraction of sp³-hybridized carbons (Fsp3) is 0.895. The number of carbonyl (C=O) groups excluding carboxylic acids is 3. The van der Waals surface area contributed by atoms with Gasteiger partial charge in [-0.1, -0.05) is 72.6 Å². The first-order valence-corrected chi connectivity index (χ1v) is 20.4. The van der Waals surface area contributed by atoms with Gasteiger partial charge in [-0.25, -0.2) is 15.0 Å². The number of nitrogens with two attached hydrogens (primary N) is 1. The van der Waals surface area contributed by atoms with Gasteiger partial charge < -0.3 is 35.7 Å². The van der Waals surface area contributed by atoms with E-state index >= 15 is 0 Å². The maximum absolute atomic E-state index is 13.9. The number of nitrogens with zero attached hydrogens (tertiary/aromatic N) is 2. The maximum Gasteiger partial charge on any atom is 0.481 e. The number of rotatable bonds is 23. The van der Waals surface area contributed by atoms with Gasteiger partial charge in [0.25, 0.3) is 5.96 Å². The molecule has 15 nitrogen and oxygen atoms in total. The van der Waals surface area contributed by atoms with E-state index in [1.54, 1.807) is 0 Å². The van der Waals surface area contributed by atoms with Crippen LogP contribution in [-0.2, 0) is 23.6 Å². The van der Waals surface area contributed by atoms with Crippen molar-refractivity contribution in [1.82, 2.24) is 21.4 Å². The van der Waals surface area contributed by atoms with Gasteiger partial charge in [0, 0.05) is 19.5 Å². The summed E-state index contributed by atoms with van der Waals surface area (Å²) in [5.41, 5.74) is 6.84. The summed E-state index contributed by atoms with van der Waals surface area (Å²) in [6, 6.07) is -0.809. The van der Waals surface area contributed by atoms with E-state index in [4.69, 9.17) is 25.0 Å². The van der Waals surface area contributed by atoms with Gasteiger partial charge in [-0.3, -0.25) is 9.59 Å². The van der Waals surface area contributed by atoms with E-state index in [2.05, 4.69) is 55.6 Å². The average Bonchev–Trinajstić information content (AvgIpc) is 3.42. The van der Waals surface area contributed by atoms with E-state index in [1.165, 1.54) is 0 Å². The molecule has 4 rings (SSSR count). The summed E-state index contributed by atoms with van der Waals surface area (Å²) in [4.78, 5) is 53.5. The third-order valence-electron chi connectivity index (χ3n) is 11.4. The number of hydrogen-bond acceptors (Lipinski definition) is 8. The molecule has 1 heterocycles. The highest BCUT2D eigenvalue weighted by Gasteiger charge is 2.68. The van der Waals surface area contributed by atoms with Gasteiger partial charge >= 0.3 is 18.2 Å². The van der Waals surface area contributed by atoms with Gasteiger partial charge in [0.2, 0.25) is 11.8 Å². The lowest BCUT2D eigenvalue weighted by atomic mass is 9.43. The van der Waals surface area contributed by atoms with Gasteiger partial charge in [0.1, 0.15) is 16.5 Å². The van der Waals surface area contributed by atoms with E-state index < -0.39 is 29.4 Å². The van der Waals surface area contributed by atoms with Crippen molar-refractivity contribution in [3.63, 3.8) is 0 Å². The van der Waals surface area contributed by atoms with Gasteiger partial charge in [0.05, 0.1) is 17.6 Å². The highest BCUT2D eigenvalue weighted by molar-refractivity contribution is 6.48. The van der Waals surface area contributed by atoms with E-state index in [1.807, 2.05) is 26.2 Å². The monoisotopic (exact) mass is 765 g/mol. The number of aliphatic imine (C=N–C) groups is 1. The molecule has 0 unspecified atom stereocenters. The second kappa shape index (κ2) is 20.7. The zero-order valence-corrected chi connectivity index (χ0v) is 34.3. The number of guanidine groups is 1. The number of hydrogen-bond donors (Lipinski definition) is 6. The van der Waals surface area contributed by atoms with Gasteiger partial charge in [0.15, 0.2) is 0 Å². The molecule has 3 aliphatic carbocycles. The predicted molar refractivity (Wildman–Crippen MR) is 208 cm³/mol. The molecular weight excluding hydrogens is 693 g/mol. The fourth-order valence-corrected chi connectivity index (χ4v) is 8.42. The Balaban J connectivity index is 1.45. The minimum atomic E-state index is -0.809. The number of nitrogens with one attached hydrogen (secondary N) is 4. The molecule has 54 heavy (non-hydrogen) atoms. The van der Waals surface area contributed by atoms with Crippen molar-refractivity contribution in [3.05, 3.63) is 4.91 Å². The van der Waals surface area contributed by atoms with Crippen LogP contribution in [0.4, 0.5) is 4.79 Å². The predicted octanol–water partition coefficient (Wildman–Crippen LogP) is 5.46. The molecular formula is C38H71BN7O8+. The smallest absolute Gasteiger partial charge is 0.444 e. The van der Waals surface area contributed by atoms with Gasteiger partial charge in [-0.05, 0) is 101 Å². The van der Waals surface area contributed by atoms with E-state index in [9.17, 15) is 19.3 Å². The highest BCUT2D eigenvalue weighted by atomic mass is 16.7. The third kappa shape index (κ3) is 14.2. The summed E-state index contributed by atoms with van der Waals surface area (Å²) in [6.07, 6.45) is 12.5. The van der Waals surface area contributed by atoms with Crippen molar-refractivity contribution in [2.24, 2.45) is 33.9 Å². The molecule has 308 valence electrons. The van der Waals surface area contributed by atoms with Gasteiger partial charge in [-0.15, -0.1) is 0 Å². The number of alkyl carbamates (subject to hydrolysis) is 1. The number of amides is 3. The summed E-state index contributed by atoms with van der Waals surface area (Å²) in [6.45, 7) is 17.3. The van der Waals surface area contributed by atoms with Crippen LogP contribution >= 0.6 is 0 Å². The maximum atomic E-state index is 13.9. The van der Waals surface area contributed by atoms with Gasteiger partial charge in [-0.2, -0.15) is 0 Å². The van der Waals surface area contributed by atoms with E-state index in [0.29, 0.717) is 44.1 Å². The highest BCUT2D eigenvalue weighted by Crippen LogP contribution is 2.65. The Kier molecular flexibility index (Phi) is 17.3. The Hall–Kier alpha value is -3.14. The molecule has 7 N–H and O–H groups in total. The zero-order valence-electron chi connectivity index (χ0n) is 34.3. The van der Waals surface area contributed by atoms with Crippen LogP contribution in [0.25, 0.3) is 0 Å². The molecule has 2 bridgehead atoms. The first-order chi connectivity index (χ1) is 25.3. The van der Waals surface area contributed by atoms with Crippen LogP contribution in [0.3, 0.4) is 0 Å². The van der Waals surface area contributed by atoms with Crippen molar-refractivity contribution in [2.45, 2.75) is 181 Å². The second-order valence-corrected chi connectivity index (χ2v) is 17.9.